The van der Waals surface area contributed by atoms with E-state index in [2.05, 4.69) is 68.2 Å². The van der Waals surface area contributed by atoms with Crippen molar-refractivity contribution in [3.63, 3.8) is 0 Å². The van der Waals surface area contributed by atoms with Gasteiger partial charge in [0.15, 0.2) is 0 Å². The number of nitrogens with zero attached hydrogens (tertiary/aromatic N) is 1. The van der Waals surface area contributed by atoms with Crippen LogP contribution in [0.3, 0.4) is 0 Å². The van der Waals surface area contributed by atoms with Gasteiger partial charge in [0.25, 0.3) is 0 Å². The first kappa shape index (κ1) is 14.3. The van der Waals surface area contributed by atoms with Crippen LogP contribution in [0.1, 0.15) is 39.2 Å². The molecule has 1 nitrogen and oxygen atoms in total. The number of hydrogen-bond acceptors (Lipinski definition) is 1. The van der Waals surface area contributed by atoms with Gasteiger partial charge in [-0.1, -0.05) is 63.3 Å². The van der Waals surface area contributed by atoms with E-state index in [1.165, 1.54) is 31.5 Å². The maximum absolute atomic E-state index is 2.60. The van der Waals surface area contributed by atoms with Gasteiger partial charge in [0, 0.05) is 13.1 Å². The summed E-state index contributed by atoms with van der Waals surface area (Å²) in [4.78, 5) is 2.60. The molecule has 0 N–H and O–H groups in total. The van der Waals surface area contributed by atoms with Crippen LogP contribution in [0.15, 0.2) is 36.4 Å². The molecular weight excluding hydrogens is 230 g/mol. The Labute approximate surface area is 118 Å². The van der Waals surface area contributed by atoms with Crippen LogP contribution in [-0.4, -0.2) is 24.5 Å². The Morgan fingerprint density at radius 3 is 2.74 bits per heavy atom. The van der Waals surface area contributed by atoms with Crippen molar-refractivity contribution < 1.29 is 0 Å². The second kappa shape index (κ2) is 6.38. The molecule has 1 atom stereocenters. The standard InChI is InChI=1S/C18H27N/c1-16-14-18(2,3)11-13-19(15-16)12-7-10-17-8-5-4-6-9-17/h4-10,16H,11-15H2,1-3H3. The van der Waals surface area contributed by atoms with E-state index in [1.807, 2.05) is 0 Å². The molecular formula is C18H27N. The molecule has 19 heavy (non-hydrogen) atoms. The summed E-state index contributed by atoms with van der Waals surface area (Å²) in [6.07, 6.45) is 7.21. The second-order valence-corrected chi connectivity index (χ2v) is 6.80. The molecule has 1 aliphatic rings. The minimum atomic E-state index is 0.511. The van der Waals surface area contributed by atoms with Crippen LogP contribution >= 0.6 is 0 Å². The highest BCUT2D eigenvalue weighted by Gasteiger charge is 2.26. The average molecular weight is 257 g/mol. The molecule has 0 aromatic heterocycles. The minimum absolute atomic E-state index is 0.511. The first-order chi connectivity index (χ1) is 9.05. The molecule has 2 rings (SSSR count). The van der Waals surface area contributed by atoms with Crippen molar-refractivity contribution in [3.8, 4) is 0 Å². The quantitative estimate of drug-likeness (QED) is 0.773. The summed E-state index contributed by atoms with van der Waals surface area (Å²) >= 11 is 0. The summed E-state index contributed by atoms with van der Waals surface area (Å²) in [5.74, 6) is 0.808. The molecule has 0 aliphatic carbocycles. The smallest absolute Gasteiger partial charge is 0.0166 e. The molecule has 1 aromatic carbocycles. The zero-order valence-corrected chi connectivity index (χ0v) is 12.6. The molecule has 1 saturated heterocycles. The summed E-state index contributed by atoms with van der Waals surface area (Å²) in [7, 11) is 0. The molecule has 104 valence electrons. The predicted molar refractivity (Wildman–Crippen MR) is 84.1 cm³/mol. The molecule has 0 radical (unpaired) electrons. The molecule has 0 bridgehead atoms. The van der Waals surface area contributed by atoms with Crippen LogP contribution in [0.4, 0.5) is 0 Å². The Balaban J connectivity index is 1.87. The van der Waals surface area contributed by atoms with Gasteiger partial charge in [-0.2, -0.15) is 0 Å². The molecule has 1 unspecified atom stereocenters. The minimum Gasteiger partial charge on any atom is -0.299 e. The summed E-state index contributed by atoms with van der Waals surface area (Å²) in [5.41, 5.74) is 1.81. The lowest BCUT2D eigenvalue weighted by molar-refractivity contribution is 0.280. The predicted octanol–water partition coefficient (Wildman–Crippen LogP) is 4.46. The molecule has 0 spiro atoms. The lowest BCUT2D eigenvalue weighted by atomic mass is 9.82. The lowest BCUT2D eigenvalue weighted by Gasteiger charge is -2.23. The van der Waals surface area contributed by atoms with Gasteiger partial charge in [0.2, 0.25) is 0 Å². The summed E-state index contributed by atoms with van der Waals surface area (Å²) < 4.78 is 0. The Morgan fingerprint density at radius 1 is 1.26 bits per heavy atom. The van der Waals surface area contributed by atoms with Crippen molar-refractivity contribution in [1.29, 1.82) is 0 Å². The van der Waals surface area contributed by atoms with Gasteiger partial charge < -0.3 is 0 Å². The van der Waals surface area contributed by atoms with Gasteiger partial charge in [0.05, 0.1) is 0 Å². The van der Waals surface area contributed by atoms with E-state index >= 15 is 0 Å². The molecule has 1 heteroatoms. The fourth-order valence-corrected chi connectivity index (χ4v) is 3.17. The van der Waals surface area contributed by atoms with Crippen molar-refractivity contribution in [2.75, 3.05) is 19.6 Å². The third-order valence-electron chi connectivity index (χ3n) is 4.05. The summed E-state index contributed by atoms with van der Waals surface area (Å²) in [6, 6.07) is 10.6. The van der Waals surface area contributed by atoms with E-state index in [0.29, 0.717) is 5.41 Å². The highest BCUT2D eigenvalue weighted by molar-refractivity contribution is 5.48. The first-order valence-corrected chi connectivity index (χ1v) is 7.49. The van der Waals surface area contributed by atoms with Gasteiger partial charge in [-0.05, 0) is 36.3 Å². The number of hydrogen-bond donors (Lipinski definition) is 0. The SMILES string of the molecule is CC1CN(CC=Cc2ccccc2)CCC(C)(C)C1. The largest absolute Gasteiger partial charge is 0.299 e. The number of rotatable bonds is 3. The highest BCUT2D eigenvalue weighted by atomic mass is 15.1. The van der Waals surface area contributed by atoms with Crippen LogP contribution < -0.4 is 0 Å². The maximum Gasteiger partial charge on any atom is 0.0166 e. The third kappa shape index (κ3) is 4.83. The number of likely N-dealkylation sites (tertiary alicyclic amines) is 1. The van der Waals surface area contributed by atoms with Crippen LogP contribution in [0.5, 0.6) is 0 Å². The van der Waals surface area contributed by atoms with Crippen LogP contribution in [0, 0.1) is 11.3 Å². The fraction of sp³-hybridized carbons (Fsp3) is 0.556. The summed E-state index contributed by atoms with van der Waals surface area (Å²) in [6.45, 7) is 10.8. The monoisotopic (exact) mass is 257 g/mol. The summed E-state index contributed by atoms with van der Waals surface area (Å²) in [5, 5.41) is 0. The van der Waals surface area contributed by atoms with Gasteiger partial charge in [-0.25, -0.2) is 0 Å². The van der Waals surface area contributed by atoms with Crippen molar-refractivity contribution in [2.45, 2.75) is 33.6 Å². The fourth-order valence-electron chi connectivity index (χ4n) is 3.17. The van der Waals surface area contributed by atoms with Crippen molar-refractivity contribution >= 4 is 6.08 Å². The van der Waals surface area contributed by atoms with Crippen LogP contribution in [0.25, 0.3) is 6.08 Å². The average Bonchev–Trinajstić information content (AvgIpc) is 2.48. The van der Waals surface area contributed by atoms with Gasteiger partial charge in [0.1, 0.15) is 0 Å². The van der Waals surface area contributed by atoms with Crippen molar-refractivity contribution in [1.82, 2.24) is 4.90 Å². The van der Waals surface area contributed by atoms with Gasteiger partial charge in [-0.3, -0.25) is 4.90 Å². The van der Waals surface area contributed by atoms with E-state index in [9.17, 15) is 0 Å². The molecule has 1 aliphatic heterocycles. The Hall–Kier alpha value is -1.08. The Kier molecular flexibility index (Phi) is 4.81. The Bertz CT molecular complexity index is 405. The van der Waals surface area contributed by atoms with Gasteiger partial charge >= 0.3 is 0 Å². The van der Waals surface area contributed by atoms with E-state index in [4.69, 9.17) is 0 Å². The van der Waals surface area contributed by atoms with E-state index in [1.54, 1.807) is 0 Å². The van der Waals surface area contributed by atoms with Crippen LogP contribution in [-0.2, 0) is 0 Å². The topological polar surface area (TPSA) is 3.24 Å². The molecule has 0 saturated carbocycles. The lowest BCUT2D eigenvalue weighted by Crippen LogP contribution is -2.27. The van der Waals surface area contributed by atoms with E-state index in [-0.39, 0.29) is 0 Å². The first-order valence-electron chi connectivity index (χ1n) is 7.49. The van der Waals surface area contributed by atoms with Gasteiger partial charge in [-0.15, -0.1) is 0 Å². The van der Waals surface area contributed by atoms with Crippen LogP contribution in [0.2, 0.25) is 0 Å². The molecule has 1 heterocycles. The zero-order chi connectivity index (χ0) is 13.7. The molecule has 0 amide bonds. The van der Waals surface area contributed by atoms with Crippen molar-refractivity contribution in [2.24, 2.45) is 11.3 Å². The zero-order valence-electron chi connectivity index (χ0n) is 12.6. The van der Waals surface area contributed by atoms with Crippen molar-refractivity contribution in [3.05, 3.63) is 42.0 Å². The highest BCUT2D eigenvalue weighted by Crippen LogP contribution is 2.32. The molecule has 1 aromatic rings. The van der Waals surface area contributed by atoms with E-state index in [0.717, 1.165) is 12.5 Å². The second-order valence-electron chi connectivity index (χ2n) is 6.80. The normalized spacial score (nSPS) is 24.5. The van der Waals surface area contributed by atoms with E-state index < -0.39 is 0 Å². The number of benzene rings is 1. The maximum atomic E-state index is 2.60. The molecule has 1 fully saturated rings. The Morgan fingerprint density at radius 2 is 2.00 bits per heavy atom. The third-order valence-corrected chi connectivity index (χ3v) is 4.05.